The Morgan fingerprint density at radius 3 is 2.32 bits per heavy atom. The summed E-state index contributed by atoms with van der Waals surface area (Å²) in [6, 6.07) is 6.74. The van der Waals surface area contributed by atoms with Crippen LogP contribution in [0.1, 0.15) is 33.3 Å². The molecule has 6 heteroatoms. The third-order valence-corrected chi connectivity index (χ3v) is 3.14. The highest BCUT2D eigenvalue weighted by molar-refractivity contribution is 9.10. The maximum absolute atomic E-state index is 12.0. The highest BCUT2D eigenvalue weighted by Gasteiger charge is 2.25. The largest absolute Gasteiger partial charge is 0.464 e. The smallest absolute Gasteiger partial charge is 0.408 e. The first kappa shape index (κ1) is 18.5. The molecule has 1 rings (SSSR count). The van der Waals surface area contributed by atoms with Crippen molar-refractivity contribution in [2.45, 2.75) is 45.8 Å². The van der Waals surface area contributed by atoms with Gasteiger partial charge in [0.1, 0.15) is 11.6 Å². The lowest BCUT2D eigenvalue weighted by atomic mass is 10.1. The number of hydrogen-bond acceptors (Lipinski definition) is 4. The average Bonchev–Trinajstić information content (AvgIpc) is 2.38. The second kappa shape index (κ2) is 8.17. The third-order valence-electron chi connectivity index (χ3n) is 2.62. The highest BCUT2D eigenvalue weighted by Crippen LogP contribution is 2.13. The first-order valence-corrected chi connectivity index (χ1v) is 7.91. The highest BCUT2D eigenvalue weighted by atomic mass is 79.9. The number of amides is 1. The van der Waals surface area contributed by atoms with Gasteiger partial charge in [-0.1, -0.05) is 28.1 Å². The van der Waals surface area contributed by atoms with Crippen LogP contribution in [-0.2, 0) is 20.7 Å². The van der Waals surface area contributed by atoms with Crippen molar-refractivity contribution in [2.75, 3.05) is 6.61 Å². The molecule has 0 aromatic heterocycles. The maximum atomic E-state index is 12.0. The van der Waals surface area contributed by atoms with Crippen LogP contribution in [0.15, 0.2) is 28.7 Å². The number of hydrogen-bond donors (Lipinski definition) is 1. The van der Waals surface area contributed by atoms with E-state index >= 15 is 0 Å². The van der Waals surface area contributed by atoms with Crippen molar-refractivity contribution in [3.05, 3.63) is 34.3 Å². The van der Waals surface area contributed by atoms with Gasteiger partial charge in [0, 0.05) is 10.9 Å². The zero-order chi connectivity index (χ0) is 16.8. The first-order chi connectivity index (χ1) is 10.2. The second-order valence-corrected chi connectivity index (χ2v) is 6.70. The first-order valence-electron chi connectivity index (χ1n) is 7.12. The zero-order valence-electron chi connectivity index (χ0n) is 13.3. The van der Waals surface area contributed by atoms with E-state index in [1.807, 2.05) is 24.3 Å². The van der Waals surface area contributed by atoms with Crippen LogP contribution in [0.2, 0.25) is 0 Å². The lowest BCUT2D eigenvalue weighted by Crippen LogP contribution is -2.45. The van der Waals surface area contributed by atoms with E-state index in [9.17, 15) is 9.59 Å². The summed E-state index contributed by atoms with van der Waals surface area (Å²) in [5.74, 6) is -0.476. The minimum Gasteiger partial charge on any atom is -0.464 e. The van der Waals surface area contributed by atoms with Gasteiger partial charge in [0.05, 0.1) is 6.61 Å². The molecule has 1 N–H and O–H groups in total. The Kier molecular flexibility index (Phi) is 6.87. The van der Waals surface area contributed by atoms with E-state index in [-0.39, 0.29) is 6.61 Å². The third kappa shape index (κ3) is 6.93. The Labute approximate surface area is 139 Å². The van der Waals surface area contributed by atoms with Crippen LogP contribution in [0.25, 0.3) is 0 Å². The lowest BCUT2D eigenvalue weighted by Gasteiger charge is -2.23. The van der Waals surface area contributed by atoms with Gasteiger partial charge in [-0.3, -0.25) is 0 Å². The Morgan fingerprint density at radius 2 is 1.82 bits per heavy atom. The van der Waals surface area contributed by atoms with E-state index in [1.165, 1.54) is 0 Å². The molecule has 0 saturated heterocycles. The number of rotatable bonds is 5. The molecule has 1 aromatic rings. The molecule has 0 aliphatic rings. The fourth-order valence-corrected chi connectivity index (χ4v) is 2.01. The second-order valence-electron chi connectivity index (χ2n) is 5.78. The van der Waals surface area contributed by atoms with Crippen molar-refractivity contribution < 1.29 is 19.1 Å². The van der Waals surface area contributed by atoms with E-state index < -0.39 is 23.7 Å². The van der Waals surface area contributed by atoms with Crippen molar-refractivity contribution in [3.63, 3.8) is 0 Å². The van der Waals surface area contributed by atoms with Crippen LogP contribution < -0.4 is 5.32 Å². The molecular formula is C16H22BrNO4. The number of alkyl carbamates (subject to hydrolysis) is 1. The number of halogens is 1. The Morgan fingerprint density at radius 1 is 1.23 bits per heavy atom. The molecule has 1 atom stereocenters. The fourth-order valence-electron chi connectivity index (χ4n) is 1.74. The van der Waals surface area contributed by atoms with Crippen LogP contribution in [0.3, 0.4) is 0 Å². The van der Waals surface area contributed by atoms with E-state index in [0.717, 1.165) is 10.0 Å². The number of carbonyl (C=O) groups is 2. The van der Waals surface area contributed by atoms with Crippen LogP contribution in [0.5, 0.6) is 0 Å². The van der Waals surface area contributed by atoms with Crippen molar-refractivity contribution in [1.82, 2.24) is 5.32 Å². The van der Waals surface area contributed by atoms with Gasteiger partial charge in [-0.15, -0.1) is 0 Å². The summed E-state index contributed by atoms with van der Waals surface area (Å²) in [7, 11) is 0. The molecule has 22 heavy (non-hydrogen) atoms. The maximum Gasteiger partial charge on any atom is 0.408 e. The van der Waals surface area contributed by atoms with Crippen LogP contribution in [-0.4, -0.2) is 30.3 Å². The standard InChI is InChI=1S/C16H22BrNO4/c1-5-21-14(19)13(18-15(20)22-16(2,3)4)10-11-6-8-12(17)9-7-11/h6-9,13H,5,10H2,1-4H3,(H,18,20)/t13-/m1/s1. The summed E-state index contributed by atoms with van der Waals surface area (Å²) < 4.78 is 11.1. The number of nitrogens with one attached hydrogen (secondary N) is 1. The molecule has 0 aliphatic heterocycles. The minimum atomic E-state index is -0.782. The molecule has 122 valence electrons. The quantitative estimate of drug-likeness (QED) is 0.805. The number of benzene rings is 1. The van der Waals surface area contributed by atoms with Gasteiger partial charge in [-0.05, 0) is 45.4 Å². The van der Waals surface area contributed by atoms with Crippen LogP contribution in [0.4, 0.5) is 4.79 Å². The van der Waals surface area contributed by atoms with E-state index in [0.29, 0.717) is 6.42 Å². The monoisotopic (exact) mass is 371 g/mol. The normalized spacial score (nSPS) is 12.4. The summed E-state index contributed by atoms with van der Waals surface area (Å²) in [4.78, 5) is 23.9. The summed E-state index contributed by atoms with van der Waals surface area (Å²) in [5.41, 5.74) is 0.290. The van der Waals surface area contributed by atoms with Crippen molar-refractivity contribution >= 4 is 28.0 Å². The van der Waals surface area contributed by atoms with Gasteiger partial charge in [-0.25, -0.2) is 9.59 Å². The molecule has 0 unspecified atom stereocenters. The Balaban J connectivity index is 2.77. The van der Waals surface area contributed by atoms with Gasteiger partial charge in [0.25, 0.3) is 0 Å². The Bertz CT molecular complexity index is 508. The predicted octanol–water partition coefficient (Wildman–Crippen LogP) is 3.45. The van der Waals surface area contributed by atoms with Gasteiger partial charge < -0.3 is 14.8 Å². The Hall–Kier alpha value is -1.56. The van der Waals surface area contributed by atoms with Gasteiger partial charge >= 0.3 is 12.1 Å². The lowest BCUT2D eigenvalue weighted by molar-refractivity contribution is -0.145. The summed E-state index contributed by atoms with van der Waals surface area (Å²) in [6.07, 6.45) is -0.298. The van der Waals surface area contributed by atoms with E-state index in [2.05, 4.69) is 21.2 Å². The SMILES string of the molecule is CCOC(=O)[C@@H](Cc1ccc(Br)cc1)NC(=O)OC(C)(C)C. The molecule has 0 heterocycles. The number of esters is 1. The minimum absolute atomic E-state index is 0.256. The van der Waals surface area contributed by atoms with Crippen molar-refractivity contribution in [3.8, 4) is 0 Å². The molecule has 1 aromatic carbocycles. The fraction of sp³-hybridized carbons (Fsp3) is 0.500. The summed E-state index contributed by atoms with van der Waals surface area (Å²) in [6.45, 7) is 7.27. The molecule has 0 fully saturated rings. The molecule has 0 radical (unpaired) electrons. The average molecular weight is 372 g/mol. The number of ether oxygens (including phenoxy) is 2. The molecule has 0 bridgehead atoms. The zero-order valence-corrected chi connectivity index (χ0v) is 14.9. The van der Waals surface area contributed by atoms with E-state index in [1.54, 1.807) is 27.7 Å². The van der Waals surface area contributed by atoms with Gasteiger partial charge in [-0.2, -0.15) is 0 Å². The molecular weight excluding hydrogens is 350 g/mol. The summed E-state index contributed by atoms with van der Waals surface area (Å²) >= 11 is 3.36. The molecule has 5 nitrogen and oxygen atoms in total. The number of carbonyl (C=O) groups excluding carboxylic acids is 2. The molecule has 1 amide bonds. The summed E-state index contributed by atoms with van der Waals surface area (Å²) in [5, 5.41) is 2.57. The predicted molar refractivity (Wildman–Crippen MR) is 87.6 cm³/mol. The molecule has 0 saturated carbocycles. The topological polar surface area (TPSA) is 64.6 Å². The van der Waals surface area contributed by atoms with E-state index in [4.69, 9.17) is 9.47 Å². The van der Waals surface area contributed by atoms with Crippen LogP contribution in [0, 0.1) is 0 Å². The van der Waals surface area contributed by atoms with Gasteiger partial charge in [0.2, 0.25) is 0 Å². The molecule has 0 spiro atoms. The molecule has 0 aliphatic carbocycles. The van der Waals surface area contributed by atoms with Gasteiger partial charge in [0.15, 0.2) is 0 Å². The van der Waals surface area contributed by atoms with Crippen molar-refractivity contribution in [2.24, 2.45) is 0 Å². The van der Waals surface area contributed by atoms with Crippen molar-refractivity contribution in [1.29, 1.82) is 0 Å². The van der Waals surface area contributed by atoms with Crippen LogP contribution >= 0.6 is 15.9 Å².